The Hall–Kier alpha value is -2.67. The summed E-state index contributed by atoms with van der Waals surface area (Å²) in [5.74, 6) is -0.503. The number of likely N-dealkylation sites (N-methyl/N-ethyl adjacent to an activating group) is 1. The highest BCUT2D eigenvalue weighted by atomic mass is 16.2. The summed E-state index contributed by atoms with van der Waals surface area (Å²) in [6, 6.07) is 7.46. The second kappa shape index (κ2) is 7.06. The molecular weight excluding hydrogens is 320 g/mol. The first-order valence-electron chi connectivity index (χ1n) is 8.00. The van der Waals surface area contributed by atoms with E-state index in [-0.39, 0.29) is 11.4 Å². The van der Waals surface area contributed by atoms with Gasteiger partial charge in [-0.25, -0.2) is 4.79 Å². The van der Waals surface area contributed by atoms with E-state index >= 15 is 0 Å². The fourth-order valence-electron chi connectivity index (χ4n) is 2.62. The van der Waals surface area contributed by atoms with Crippen molar-refractivity contribution >= 4 is 11.6 Å². The van der Waals surface area contributed by atoms with Crippen molar-refractivity contribution in [3.8, 4) is 0 Å². The highest BCUT2D eigenvalue weighted by molar-refractivity contribution is 6.03. The summed E-state index contributed by atoms with van der Waals surface area (Å²) in [5.41, 5.74) is 6.73. The number of anilines is 1. The zero-order chi connectivity index (χ0) is 18.9. The van der Waals surface area contributed by atoms with Crippen molar-refractivity contribution < 1.29 is 4.79 Å². The van der Waals surface area contributed by atoms with E-state index in [1.165, 1.54) is 14.1 Å². The molecule has 0 saturated heterocycles. The summed E-state index contributed by atoms with van der Waals surface area (Å²) in [6.45, 7) is 4.29. The average molecular weight is 344 g/mol. The van der Waals surface area contributed by atoms with Gasteiger partial charge >= 0.3 is 5.69 Å². The molecular formula is C18H24N4O3. The number of ketones is 1. The van der Waals surface area contributed by atoms with Crippen molar-refractivity contribution in [3.63, 3.8) is 0 Å². The third kappa shape index (κ3) is 3.56. The number of aryl methyl sites for hydroxylation is 1. The molecule has 2 aromatic rings. The van der Waals surface area contributed by atoms with Gasteiger partial charge in [-0.15, -0.1) is 0 Å². The van der Waals surface area contributed by atoms with E-state index in [2.05, 4.69) is 0 Å². The van der Waals surface area contributed by atoms with Crippen LogP contribution in [0.1, 0.15) is 28.4 Å². The van der Waals surface area contributed by atoms with Crippen molar-refractivity contribution in [2.24, 2.45) is 14.1 Å². The van der Waals surface area contributed by atoms with Gasteiger partial charge in [-0.2, -0.15) is 0 Å². The lowest BCUT2D eigenvalue weighted by molar-refractivity contribution is 0.0860. The zero-order valence-corrected chi connectivity index (χ0v) is 15.2. The molecule has 1 atom stereocenters. The quantitative estimate of drug-likeness (QED) is 0.806. The summed E-state index contributed by atoms with van der Waals surface area (Å²) in [7, 11) is 4.58. The van der Waals surface area contributed by atoms with Crippen LogP contribution in [0.4, 0.5) is 5.82 Å². The van der Waals surface area contributed by atoms with Gasteiger partial charge in [0.05, 0.1) is 6.04 Å². The number of aromatic nitrogens is 2. The van der Waals surface area contributed by atoms with Crippen LogP contribution in [-0.2, 0) is 20.6 Å². The lowest BCUT2D eigenvalue weighted by atomic mass is 10.0. The van der Waals surface area contributed by atoms with Crippen LogP contribution in [0.5, 0.6) is 0 Å². The number of nitrogen functional groups attached to an aromatic ring is 1. The van der Waals surface area contributed by atoms with Crippen LogP contribution >= 0.6 is 0 Å². The summed E-state index contributed by atoms with van der Waals surface area (Å²) < 4.78 is 2.01. The number of nitrogens with zero attached hydrogens (tertiary/aromatic N) is 3. The largest absolute Gasteiger partial charge is 0.384 e. The van der Waals surface area contributed by atoms with Gasteiger partial charge in [0.1, 0.15) is 11.4 Å². The Labute approximate surface area is 146 Å². The third-order valence-electron chi connectivity index (χ3n) is 4.55. The Morgan fingerprint density at radius 2 is 1.72 bits per heavy atom. The van der Waals surface area contributed by atoms with Gasteiger partial charge < -0.3 is 5.73 Å². The maximum Gasteiger partial charge on any atom is 0.332 e. The number of carbonyl (C=O) groups is 1. The molecule has 1 aromatic heterocycles. The van der Waals surface area contributed by atoms with E-state index in [0.717, 1.165) is 20.3 Å². The molecule has 0 fully saturated rings. The molecule has 0 unspecified atom stereocenters. The molecule has 0 saturated carbocycles. The Balaban J connectivity index is 2.32. The normalized spacial score (nSPS) is 12.4. The molecule has 2 rings (SSSR count). The Bertz CT molecular complexity index is 910. The van der Waals surface area contributed by atoms with E-state index in [1.807, 2.05) is 43.1 Å². The Morgan fingerprint density at radius 3 is 2.28 bits per heavy atom. The van der Waals surface area contributed by atoms with Crippen molar-refractivity contribution in [2.75, 3.05) is 12.8 Å². The molecule has 0 spiro atoms. The van der Waals surface area contributed by atoms with Gasteiger partial charge in [-0.1, -0.05) is 29.8 Å². The summed E-state index contributed by atoms with van der Waals surface area (Å²) in [4.78, 5) is 38.9. The van der Waals surface area contributed by atoms with Crippen molar-refractivity contribution in [2.45, 2.75) is 26.4 Å². The molecule has 25 heavy (non-hydrogen) atoms. The smallest absolute Gasteiger partial charge is 0.332 e. The first kappa shape index (κ1) is 18.7. The minimum absolute atomic E-state index is 0.103. The molecule has 0 amide bonds. The number of benzene rings is 1. The molecule has 0 radical (unpaired) electrons. The standard InChI is InChI=1S/C18H24N4O3/c1-11-6-8-13(9-7-11)10-20(3)12(2)15(23)14-16(19)21(4)18(25)22(5)17(14)24/h6-9,12H,10,19H2,1-5H3/t12-/m0/s1. The van der Waals surface area contributed by atoms with Gasteiger partial charge in [0.15, 0.2) is 5.78 Å². The third-order valence-corrected chi connectivity index (χ3v) is 4.55. The van der Waals surface area contributed by atoms with E-state index < -0.39 is 23.1 Å². The van der Waals surface area contributed by atoms with Gasteiger partial charge in [0.25, 0.3) is 5.56 Å². The van der Waals surface area contributed by atoms with Crippen LogP contribution in [0.2, 0.25) is 0 Å². The first-order chi connectivity index (χ1) is 11.6. The molecule has 1 heterocycles. The number of rotatable bonds is 5. The van der Waals surface area contributed by atoms with E-state index in [1.54, 1.807) is 6.92 Å². The van der Waals surface area contributed by atoms with Gasteiger partial charge in [-0.05, 0) is 26.5 Å². The Kier molecular flexibility index (Phi) is 5.27. The van der Waals surface area contributed by atoms with Crippen molar-refractivity contribution in [1.29, 1.82) is 0 Å². The maximum absolute atomic E-state index is 12.8. The predicted octanol–water partition coefficient (Wildman–Crippen LogP) is 0.678. The number of hydrogen-bond acceptors (Lipinski definition) is 5. The Morgan fingerprint density at radius 1 is 1.16 bits per heavy atom. The number of carbonyl (C=O) groups excluding carboxylic acids is 1. The topological polar surface area (TPSA) is 90.3 Å². The summed E-state index contributed by atoms with van der Waals surface area (Å²) in [6.07, 6.45) is 0. The lowest BCUT2D eigenvalue weighted by Crippen LogP contribution is -2.45. The fourth-order valence-corrected chi connectivity index (χ4v) is 2.62. The lowest BCUT2D eigenvalue weighted by Gasteiger charge is -2.24. The zero-order valence-electron chi connectivity index (χ0n) is 15.2. The first-order valence-corrected chi connectivity index (χ1v) is 8.00. The van der Waals surface area contributed by atoms with Crippen LogP contribution in [-0.4, -0.2) is 32.9 Å². The van der Waals surface area contributed by atoms with Crippen LogP contribution < -0.4 is 17.0 Å². The summed E-state index contributed by atoms with van der Waals surface area (Å²) >= 11 is 0. The monoisotopic (exact) mass is 344 g/mol. The average Bonchev–Trinajstić information content (AvgIpc) is 2.59. The number of hydrogen-bond donors (Lipinski definition) is 1. The van der Waals surface area contributed by atoms with Crippen LogP contribution in [0.15, 0.2) is 33.9 Å². The van der Waals surface area contributed by atoms with Crippen molar-refractivity contribution in [3.05, 3.63) is 61.8 Å². The fraction of sp³-hybridized carbons (Fsp3) is 0.389. The number of nitrogens with two attached hydrogens (primary N) is 1. The SMILES string of the molecule is Cc1ccc(CN(C)[C@@H](C)C(=O)c2c(N)n(C)c(=O)n(C)c2=O)cc1. The van der Waals surface area contributed by atoms with Gasteiger partial charge in [-0.3, -0.25) is 23.6 Å². The van der Waals surface area contributed by atoms with Crippen LogP contribution in [0, 0.1) is 6.92 Å². The molecule has 1 aromatic carbocycles. The second-order valence-electron chi connectivity index (χ2n) is 6.41. The van der Waals surface area contributed by atoms with E-state index in [4.69, 9.17) is 5.73 Å². The second-order valence-corrected chi connectivity index (χ2v) is 6.41. The molecule has 7 heteroatoms. The highest BCUT2D eigenvalue weighted by Gasteiger charge is 2.27. The van der Waals surface area contributed by atoms with E-state index in [0.29, 0.717) is 6.54 Å². The molecule has 7 nitrogen and oxygen atoms in total. The molecule has 0 aliphatic carbocycles. The molecule has 2 N–H and O–H groups in total. The number of Topliss-reactive ketones (excluding diaryl/α,β-unsaturated/α-hetero) is 1. The van der Waals surface area contributed by atoms with Gasteiger partial charge in [0.2, 0.25) is 0 Å². The van der Waals surface area contributed by atoms with Crippen LogP contribution in [0.3, 0.4) is 0 Å². The maximum atomic E-state index is 12.8. The highest BCUT2D eigenvalue weighted by Crippen LogP contribution is 2.13. The van der Waals surface area contributed by atoms with Crippen molar-refractivity contribution in [1.82, 2.24) is 14.0 Å². The van der Waals surface area contributed by atoms with E-state index in [9.17, 15) is 14.4 Å². The minimum Gasteiger partial charge on any atom is -0.384 e. The van der Waals surface area contributed by atoms with Gasteiger partial charge in [0, 0.05) is 20.6 Å². The molecule has 134 valence electrons. The molecule has 0 aliphatic heterocycles. The molecule has 0 aliphatic rings. The summed E-state index contributed by atoms with van der Waals surface area (Å²) in [5, 5.41) is 0. The van der Waals surface area contributed by atoms with Crippen LogP contribution in [0.25, 0.3) is 0 Å². The minimum atomic E-state index is -0.666. The predicted molar refractivity (Wildman–Crippen MR) is 97.8 cm³/mol. The molecule has 0 bridgehead atoms.